The first-order valence-corrected chi connectivity index (χ1v) is 8.74. The van der Waals surface area contributed by atoms with E-state index in [0.717, 1.165) is 33.5 Å². The van der Waals surface area contributed by atoms with Gasteiger partial charge < -0.3 is 5.32 Å². The number of tetrazole rings is 1. The maximum atomic E-state index is 12.3. The molecule has 2 aromatic carbocycles. The summed E-state index contributed by atoms with van der Waals surface area (Å²) >= 11 is 2.19. The van der Waals surface area contributed by atoms with Crippen LogP contribution in [0.5, 0.6) is 0 Å². The summed E-state index contributed by atoms with van der Waals surface area (Å²) in [6.07, 6.45) is 2.25. The lowest BCUT2D eigenvalue weighted by Gasteiger charge is -2.07. The van der Waals surface area contributed by atoms with E-state index in [1.165, 1.54) is 0 Å². The maximum absolute atomic E-state index is 12.3. The molecule has 0 unspecified atom stereocenters. The third-order valence-corrected chi connectivity index (χ3v) is 4.54. The maximum Gasteiger partial charge on any atom is 0.255 e. The van der Waals surface area contributed by atoms with Crippen molar-refractivity contribution in [2.24, 2.45) is 0 Å². The van der Waals surface area contributed by atoms with Crippen LogP contribution in [0.4, 0.5) is 5.69 Å². The smallest absolute Gasteiger partial charge is 0.255 e. The van der Waals surface area contributed by atoms with Gasteiger partial charge in [0.05, 0.1) is 6.04 Å². The van der Waals surface area contributed by atoms with Crippen molar-refractivity contribution in [2.45, 2.75) is 18.9 Å². The average molecular weight is 431 g/mol. The van der Waals surface area contributed by atoms with Crippen LogP contribution in [0.1, 0.15) is 29.2 Å². The number of halogens is 1. The van der Waals surface area contributed by atoms with Crippen molar-refractivity contribution in [3.05, 3.63) is 57.7 Å². The number of anilines is 1. The fraction of sp³-hybridized carbons (Fsp3) is 0.176. The molecule has 1 N–H and O–H groups in total. The second-order valence-corrected chi connectivity index (χ2v) is 6.97. The van der Waals surface area contributed by atoms with E-state index < -0.39 is 0 Å². The van der Waals surface area contributed by atoms with Crippen LogP contribution < -0.4 is 5.32 Å². The predicted molar refractivity (Wildman–Crippen MR) is 98.6 cm³/mol. The molecule has 1 aliphatic rings. The highest BCUT2D eigenvalue weighted by Gasteiger charge is 2.28. The Hall–Kier alpha value is -2.29. The molecule has 120 valence electrons. The Morgan fingerprint density at radius 1 is 1.17 bits per heavy atom. The average Bonchev–Trinajstić information content (AvgIpc) is 3.32. The van der Waals surface area contributed by atoms with E-state index in [4.69, 9.17) is 0 Å². The topological polar surface area (TPSA) is 72.7 Å². The van der Waals surface area contributed by atoms with Gasteiger partial charge in [-0.25, -0.2) is 4.68 Å². The lowest BCUT2D eigenvalue weighted by Crippen LogP contribution is -2.11. The monoisotopic (exact) mass is 431 g/mol. The van der Waals surface area contributed by atoms with Gasteiger partial charge >= 0.3 is 0 Å². The summed E-state index contributed by atoms with van der Waals surface area (Å²) in [5.74, 6) is 0.650. The molecule has 24 heavy (non-hydrogen) atoms. The first-order valence-electron chi connectivity index (χ1n) is 7.66. The fourth-order valence-corrected chi connectivity index (χ4v) is 3.03. The third kappa shape index (κ3) is 3.16. The van der Waals surface area contributed by atoms with Crippen molar-refractivity contribution < 1.29 is 4.79 Å². The molecule has 0 spiro atoms. The van der Waals surface area contributed by atoms with Gasteiger partial charge in [-0.05, 0) is 88.3 Å². The van der Waals surface area contributed by atoms with Crippen molar-refractivity contribution in [3.63, 3.8) is 0 Å². The van der Waals surface area contributed by atoms with Crippen LogP contribution in [0.25, 0.3) is 11.4 Å². The number of hydrogen-bond donors (Lipinski definition) is 1. The zero-order chi connectivity index (χ0) is 16.5. The molecule has 4 rings (SSSR count). The molecule has 0 atom stereocenters. The standard InChI is InChI=1S/C17H14IN5O/c18-13-3-1-2-12(10-13)17(24)19-14-6-4-11(5-7-14)16-20-21-22-23(16)15-8-9-15/h1-7,10,15H,8-9H2,(H,19,24). The van der Waals surface area contributed by atoms with Gasteiger partial charge in [0.1, 0.15) is 0 Å². The largest absolute Gasteiger partial charge is 0.322 e. The number of amides is 1. The van der Waals surface area contributed by atoms with E-state index >= 15 is 0 Å². The van der Waals surface area contributed by atoms with Crippen molar-refractivity contribution in [3.8, 4) is 11.4 Å². The molecule has 3 aromatic rings. The number of rotatable bonds is 4. The molecular weight excluding hydrogens is 417 g/mol. The van der Waals surface area contributed by atoms with E-state index in [1.807, 2.05) is 47.1 Å². The molecule has 7 heteroatoms. The lowest BCUT2D eigenvalue weighted by atomic mass is 10.1. The number of carbonyl (C=O) groups is 1. The Kier molecular flexibility index (Phi) is 4.01. The number of carbonyl (C=O) groups excluding carboxylic acids is 1. The molecule has 0 aliphatic heterocycles. The number of hydrogen-bond acceptors (Lipinski definition) is 4. The summed E-state index contributed by atoms with van der Waals surface area (Å²) in [7, 11) is 0. The quantitative estimate of drug-likeness (QED) is 0.642. The van der Waals surface area contributed by atoms with E-state index in [1.54, 1.807) is 6.07 Å². The minimum Gasteiger partial charge on any atom is -0.322 e. The molecule has 6 nitrogen and oxygen atoms in total. The molecule has 1 saturated carbocycles. The van der Waals surface area contributed by atoms with Gasteiger partial charge in [0.25, 0.3) is 5.91 Å². The minimum absolute atomic E-state index is 0.121. The number of aromatic nitrogens is 4. The summed E-state index contributed by atoms with van der Waals surface area (Å²) in [4.78, 5) is 12.3. The second-order valence-electron chi connectivity index (χ2n) is 5.72. The zero-order valence-electron chi connectivity index (χ0n) is 12.7. The first-order chi connectivity index (χ1) is 11.7. The van der Waals surface area contributed by atoms with E-state index in [-0.39, 0.29) is 5.91 Å². The van der Waals surface area contributed by atoms with Crippen molar-refractivity contribution in [1.82, 2.24) is 20.2 Å². The highest BCUT2D eigenvalue weighted by atomic mass is 127. The van der Waals surface area contributed by atoms with Gasteiger partial charge in [0.2, 0.25) is 0 Å². The van der Waals surface area contributed by atoms with Crippen LogP contribution in [-0.4, -0.2) is 26.1 Å². The number of nitrogens with zero attached hydrogens (tertiary/aromatic N) is 4. The van der Waals surface area contributed by atoms with Gasteiger partial charge in [-0.1, -0.05) is 6.07 Å². The normalized spacial score (nSPS) is 13.7. The van der Waals surface area contributed by atoms with Crippen LogP contribution >= 0.6 is 22.6 Å². The SMILES string of the molecule is O=C(Nc1ccc(-c2nnnn2C2CC2)cc1)c1cccc(I)c1. The summed E-state index contributed by atoms with van der Waals surface area (Å²) in [6.45, 7) is 0. The highest BCUT2D eigenvalue weighted by molar-refractivity contribution is 14.1. The molecule has 1 fully saturated rings. The molecule has 0 saturated heterocycles. The number of nitrogens with one attached hydrogen (secondary N) is 1. The molecule has 0 bridgehead atoms. The zero-order valence-corrected chi connectivity index (χ0v) is 14.8. The Morgan fingerprint density at radius 3 is 2.67 bits per heavy atom. The van der Waals surface area contributed by atoms with Crippen LogP contribution in [0.15, 0.2) is 48.5 Å². The van der Waals surface area contributed by atoms with Gasteiger partial charge in [0.15, 0.2) is 5.82 Å². The summed E-state index contributed by atoms with van der Waals surface area (Å²) < 4.78 is 2.90. The van der Waals surface area contributed by atoms with Crippen LogP contribution in [0.2, 0.25) is 0 Å². The van der Waals surface area contributed by atoms with E-state index in [9.17, 15) is 4.79 Å². The minimum atomic E-state index is -0.121. The van der Waals surface area contributed by atoms with Crippen molar-refractivity contribution >= 4 is 34.2 Å². The van der Waals surface area contributed by atoms with Gasteiger partial charge in [-0.2, -0.15) is 0 Å². The Labute approximate surface area is 152 Å². The number of benzene rings is 2. The molecule has 1 amide bonds. The van der Waals surface area contributed by atoms with Crippen molar-refractivity contribution in [2.75, 3.05) is 5.32 Å². The third-order valence-electron chi connectivity index (χ3n) is 3.87. The summed E-state index contributed by atoms with van der Waals surface area (Å²) in [5, 5.41) is 14.8. The van der Waals surface area contributed by atoms with Gasteiger partial charge in [0, 0.05) is 20.4 Å². The molecule has 1 aromatic heterocycles. The lowest BCUT2D eigenvalue weighted by molar-refractivity contribution is 0.102. The molecule has 1 aliphatic carbocycles. The van der Waals surface area contributed by atoms with Gasteiger partial charge in [-0.15, -0.1) is 5.10 Å². The Morgan fingerprint density at radius 2 is 1.96 bits per heavy atom. The fourth-order valence-electron chi connectivity index (χ4n) is 2.48. The van der Waals surface area contributed by atoms with E-state index in [2.05, 4.69) is 43.4 Å². The van der Waals surface area contributed by atoms with Gasteiger partial charge in [-0.3, -0.25) is 4.79 Å². The molecular formula is C17H14IN5O. The molecule has 0 radical (unpaired) electrons. The van der Waals surface area contributed by atoms with Crippen LogP contribution in [0.3, 0.4) is 0 Å². The Bertz CT molecular complexity index is 886. The Balaban J connectivity index is 1.51. The second kappa shape index (κ2) is 6.31. The molecule has 1 heterocycles. The van der Waals surface area contributed by atoms with E-state index in [0.29, 0.717) is 11.6 Å². The first kappa shape index (κ1) is 15.3. The highest BCUT2D eigenvalue weighted by Crippen LogP contribution is 2.36. The predicted octanol–water partition coefficient (Wildman–Crippen LogP) is 3.53. The van der Waals surface area contributed by atoms with Crippen molar-refractivity contribution in [1.29, 1.82) is 0 Å². The summed E-state index contributed by atoms with van der Waals surface area (Å²) in [5.41, 5.74) is 2.33. The summed E-state index contributed by atoms with van der Waals surface area (Å²) in [6, 6.07) is 15.5. The van der Waals surface area contributed by atoms with Crippen LogP contribution in [0, 0.1) is 3.57 Å². The van der Waals surface area contributed by atoms with Crippen LogP contribution in [-0.2, 0) is 0 Å².